The van der Waals surface area contributed by atoms with E-state index in [1.165, 1.54) is 12.1 Å². The lowest BCUT2D eigenvalue weighted by Crippen LogP contribution is -1.96. The van der Waals surface area contributed by atoms with Crippen LogP contribution in [0, 0.1) is 0 Å². The maximum Gasteiger partial charge on any atom is 0.294 e. The summed E-state index contributed by atoms with van der Waals surface area (Å²) in [6, 6.07) is 8.58. The summed E-state index contributed by atoms with van der Waals surface area (Å²) in [4.78, 5) is 6.04. The van der Waals surface area contributed by atoms with Gasteiger partial charge in [-0.3, -0.25) is 4.55 Å². The fraction of sp³-hybridized carbons (Fsp3) is 0. The van der Waals surface area contributed by atoms with Crippen LogP contribution in [0.15, 0.2) is 46.2 Å². The molecule has 0 aliphatic heterocycles. The first-order valence-corrected chi connectivity index (χ1v) is 9.79. The number of fused-ring (bicyclic) bond motifs is 2. The van der Waals surface area contributed by atoms with Crippen molar-refractivity contribution in [2.75, 3.05) is 0 Å². The van der Waals surface area contributed by atoms with Crippen molar-refractivity contribution < 1.29 is 37.8 Å². The number of H-pyrrole nitrogens is 2. The molecule has 0 radical (unpaired) electrons. The summed E-state index contributed by atoms with van der Waals surface area (Å²) in [5.74, 6) is -0.465. The molecule has 0 bridgehead atoms. The summed E-state index contributed by atoms with van der Waals surface area (Å²) in [6.07, 6.45) is 0. The zero-order valence-corrected chi connectivity index (χ0v) is 15.3. The van der Waals surface area contributed by atoms with Gasteiger partial charge in [0.25, 0.3) is 10.1 Å². The Hall–Kier alpha value is -2.74. The van der Waals surface area contributed by atoms with Crippen LogP contribution in [0.5, 0.6) is 11.5 Å². The van der Waals surface area contributed by atoms with Crippen LogP contribution in [0.1, 0.15) is 0 Å². The molecule has 2 aromatic heterocycles. The first kappa shape index (κ1) is 18.6. The number of hydrogen-bond donors (Lipinski definition) is 6. The third-order valence-electron chi connectivity index (χ3n) is 4.19. The van der Waals surface area contributed by atoms with Gasteiger partial charge >= 0.3 is 0 Å². The van der Waals surface area contributed by atoms with E-state index in [2.05, 4.69) is 19.3 Å². The van der Waals surface area contributed by atoms with Crippen molar-refractivity contribution in [3.8, 4) is 22.9 Å². The molecule has 0 spiro atoms. The zero-order valence-electron chi connectivity index (χ0n) is 13.7. The molecule has 0 aliphatic rings. The topological polar surface area (TPSA) is 165 Å². The van der Waals surface area contributed by atoms with Gasteiger partial charge in [-0.25, -0.2) is 5.26 Å². The van der Waals surface area contributed by atoms with E-state index in [1.807, 2.05) is 0 Å². The standard InChI is InChI=1S/C16H12N2O8S2/c19-15-9-5-7(27-26-25-21)1-3-11(9)17-13(15)14-16(20)10-6-8(28(22,23)24)2-4-12(10)18-14/h1-6,17-21H,(H,22,23,24). The Morgan fingerprint density at radius 3 is 2.04 bits per heavy atom. The van der Waals surface area contributed by atoms with E-state index in [0.717, 1.165) is 18.1 Å². The Morgan fingerprint density at radius 1 is 0.893 bits per heavy atom. The van der Waals surface area contributed by atoms with Crippen LogP contribution in [0.2, 0.25) is 0 Å². The molecule has 0 saturated heterocycles. The lowest BCUT2D eigenvalue weighted by Gasteiger charge is -1.98. The minimum Gasteiger partial charge on any atom is -0.505 e. The molecule has 10 nitrogen and oxygen atoms in total. The molecule has 0 aliphatic carbocycles. The Bertz CT molecular complexity index is 1310. The second-order valence-electron chi connectivity index (χ2n) is 5.81. The molecule has 146 valence electrons. The molecule has 0 atom stereocenters. The Kier molecular flexibility index (Phi) is 4.45. The van der Waals surface area contributed by atoms with Gasteiger partial charge in [-0.05, 0) is 36.4 Å². The number of nitrogens with one attached hydrogen (secondary N) is 2. The molecular weight excluding hydrogens is 412 g/mol. The second-order valence-corrected chi connectivity index (χ2v) is 8.01. The first-order valence-electron chi connectivity index (χ1n) is 7.61. The maximum atomic E-state index is 11.3. The van der Waals surface area contributed by atoms with Crippen molar-refractivity contribution >= 4 is 44.0 Å². The number of aromatic nitrogens is 2. The van der Waals surface area contributed by atoms with Crippen molar-refractivity contribution in [1.29, 1.82) is 0 Å². The van der Waals surface area contributed by atoms with E-state index < -0.39 is 10.1 Å². The van der Waals surface area contributed by atoms with Crippen LogP contribution in [0.25, 0.3) is 33.2 Å². The van der Waals surface area contributed by atoms with Crippen LogP contribution < -0.4 is 0 Å². The van der Waals surface area contributed by atoms with Crippen LogP contribution in [0.4, 0.5) is 0 Å². The smallest absolute Gasteiger partial charge is 0.294 e. The lowest BCUT2D eigenvalue weighted by molar-refractivity contribution is -0.432. The summed E-state index contributed by atoms with van der Waals surface area (Å²) >= 11 is 0.725. The number of hydrogen-bond acceptors (Lipinski definition) is 8. The van der Waals surface area contributed by atoms with Crippen LogP contribution in [-0.2, 0) is 19.5 Å². The summed E-state index contributed by atoms with van der Waals surface area (Å²) in [7, 11) is -4.43. The van der Waals surface area contributed by atoms with E-state index in [1.54, 1.807) is 18.2 Å². The molecule has 4 rings (SSSR count). The van der Waals surface area contributed by atoms with E-state index in [9.17, 15) is 23.2 Å². The number of benzene rings is 2. The highest BCUT2D eigenvalue weighted by molar-refractivity contribution is 7.94. The van der Waals surface area contributed by atoms with Gasteiger partial charge in [0.05, 0.1) is 16.9 Å². The van der Waals surface area contributed by atoms with Crippen molar-refractivity contribution in [3.05, 3.63) is 36.4 Å². The van der Waals surface area contributed by atoms with E-state index >= 15 is 0 Å². The Labute approximate surface area is 161 Å². The van der Waals surface area contributed by atoms with Gasteiger partial charge in [0, 0.05) is 26.7 Å². The minimum atomic E-state index is -4.43. The van der Waals surface area contributed by atoms with Crippen molar-refractivity contribution in [3.63, 3.8) is 0 Å². The molecule has 6 N–H and O–H groups in total. The second kappa shape index (κ2) is 6.70. The monoisotopic (exact) mass is 424 g/mol. The molecule has 0 fully saturated rings. The Morgan fingerprint density at radius 2 is 1.46 bits per heavy atom. The van der Waals surface area contributed by atoms with Gasteiger partial charge in [-0.1, -0.05) is 5.04 Å². The van der Waals surface area contributed by atoms with Gasteiger partial charge in [-0.15, -0.1) is 4.33 Å². The van der Waals surface area contributed by atoms with Gasteiger partial charge in [0.1, 0.15) is 11.4 Å². The van der Waals surface area contributed by atoms with E-state index in [0.29, 0.717) is 21.3 Å². The molecule has 28 heavy (non-hydrogen) atoms. The summed E-state index contributed by atoms with van der Waals surface area (Å²) in [5, 5.41) is 33.5. The fourth-order valence-corrected chi connectivity index (χ4v) is 3.85. The fourth-order valence-electron chi connectivity index (χ4n) is 2.94. The first-order chi connectivity index (χ1) is 13.3. The molecule has 0 unspecified atom stereocenters. The predicted octanol–water partition coefficient (Wildman–Crippen LogP) is 3.40. The van der Waals surface area contributed by atoms with Crippen molar-refractivity contribution in [2.45, 2.75) is 9.79 Å². The quantitative estimate of drug-likeness (QED) is 0.122. The minimum absolute atomic E-state index is 0.139. The molecular formula is C16H12N2O8S2. The molecule has 4 aromatic rings. The number of aromatic hydroxyl groups is 2. The highest BCUT2D eigenvalue weighted by Crippen LogP contribution is 2.43. The van der Waals surface area contributed by atoms with E-state index in [4.69, 9.17) is 5.26 Å². The average molecular weight is 424 g/mol. The third kappa shape index (κ3) is 3.07. The highest BCUT2D eigenvalue weighted by Gasteiger charge is 2.21. The average Bonchev–Trinajstić information content (AvgIpc) is 3.16. The predicted molar refractivity (Wildman–Crippen MR) is 99.4 cm³/mol. The Balaban J connectivity index is 1.86. The van der Waals surface area contributed by atoms with Crippen LogP contribution >= 0.6 is 12.0 Å². The SMILES string of the molecule is O=S(=O)(O)c1ccc2[nH]c(-c3[nH]c4ccc(SOOO)cc4c3O)c(O)c2c1. The molecule has 0 amide bonds. The zero-order chi connectivity index (χ0) is 20.1. The van der Waals surface area contributed by atoms with Gasteiger partial charge < -0.3 is 20.2 Å². The van der Waals surface area contributed by atoms with Gasteiger partial charge in [0.15, 0.2) is 11.5 Å². The van der Waals surface area contributed by atoms with Crippen LogP contribution in [-0.4, -0.2) is 38.4 Å². The number of rotatable bonds is 5. The summed E-state index contributed by atoms with van der Waals surface area (Å²) in [6.45, 7) is 0. The lowest BCUT2D eigenvalue weighted by atomic mass is 10.2. The van der Waals surface area contributed by atoms with E-state index in [-0.39, 0.29) is 33.2 Å². The summed E-state index contributed by atoms with van der Waals surface area (Å²) in [5.41, 5.74) is 1.28. The maximum absolute atomic E-state index is 11.3. The summed E-state index contributed by atoms with van der Waals surface area (Å²) < 4.78 is 36.2. The molecule has 12 heteroatoms. The highest BCUT2D eigenvalue weighted by atomic mass is 32.2. The van der Waals surface area contributed by atoms with Gasteiger partial charge in [0.2, 0.25) is 0 Å². The normalized spacial score (nSPS) is 12.2. The number of aromatic amines is 2. The largest absolute Gasteiger partial charge is 0.505 e. The van der Waals surface area contributed by atoms with Crippen molar-refractivity contribution in [1.82, 2.24) is 9.97 Å². The van der Waals surface area contributed by atoms with Crippen molar-refractivity contribution in [2.24, 2.45) is 0 Å². The van der Waals surface area contributed by atoms with Gasteiger partial charge in [-0.2, -0.15) is 8.42 Å². The van der Waals surface area contributed by atoms with Crippen LogP contribution in [0.3, 0.4) is 0 Å². The molecule has 0 saturated carbocycles. The molecule has 2 aromatic carbocycles. The molecule has 2 heterocycles. The third-order valence-corrected chi connectivity index (χ3v) is 5.62.